The Balaban J connectivity index is 4.66. The molecule has 36 heavy (non-hydrogen) atoms. The molecule has 0 aromatic carbocycles. The van der Waals surface area contributed by atoms with Crippen LogP contribution in [-0.4, -0.2) is 95.6 Å². The van der Waals surface area contributed by atoms with Crippen LogP contribution < -0.4 is 21.3 Å². The molecule has 0 aromatic rings. The lowest BCUT2D eigenvalue weighted by Crippen LogP contribution is -2.41. The van der Waals surface area contributed by atoms with Crippen LogP contribution in [0.2, 0.25) is 0 Å². The highest BCUT2D eigenvalue weighted by Gasteiger charge is 2.33. The van der Waals surface area contributed by atoms with Gasteiger partial charge < -0.3 is 41.3 Å². The van der Waals surface area contributed by atoms with Crippen LogP contribution in [0, 0.1) is 5.92 Å². The van der Waals surface area contributed by atoms with Gasteiger partial charge in [-0.15, -0.1) is 0 Å². The van der Waals surface area contributed by atoms with Crippen LogP contribution >= 0.6 is 0 Å². The van der Waals surface area contributed by atoms with Crippen molar-refractivity contribution >= 4 is 48.0 Å². The molecule has 198 valence electrons. The van der Waals surface area contributed by atoms with E-state index in [2.05, 4.69) is 26.0 Å². The molecular weight excluding hydrogens is 488 g/mol. The molecule has 2 unspecified atom stereocenters. The minimum atomic E-state index is -1.59. The molecule has 0 aliphatic carbocycles. The maximum Gasteiger partial charge on any atom is 0.328 e. The number of hydrogen-bond donors (Lipinski definition) is 7. The van der Waals surface area contributed by atoms with Gasteiger partial charge in [0.2, 0.25) is 23.6 Å². The summed E-state index contributed by atoms with van der Waals surface area (Å²) >= 11 is 0. The van der Waals surface area contributed by atoms with Crippen molar-refractivity contribution in [1.82, 2.24) is 21.3 Å². The van der Waals surface area contributed by atoms with Crippen LogP contribution in [-0.2, 0) is 43.1 Å². The van der Waals surface area contributed by atoms with E-state index in [0.29, 0.717) is 12.2 Å². The topological polar surface area (TPSA) is 255 Å². The molecule has 0 saturated carbocycles. The van der Waals surface area contributed by atoms with Gasteiger partial charge in [-0.25, -0.2) is 9.59 Å². The van der Waals surface area contributed by atoms with Gasteiger partial charge in [-0.05, 0) is 0 Å². The molecule has 0 aliphatic heterocycles. The van der Waals surface area contributed by atoms with E-state index in [1.54, 1.807) is 0 Å². The average molecular weight is 514 g/mol. The van der Waals surface area contributed by atoms with Gasteiger partial charge in [0.1, 0.15) is 12.0 Å². The van der Waals surface area contributed by atoms with Crippen molar-refractivity contribution in [1.29, 1.82) is 0 Å². The summed E-state index contributed by atoms with van der Waals surface area (Å²) in [5.41, 5.74) is 0. The van der Waals surface area contributed by atoms with Crippen molar-refractivity contribution in [3.63, 3.8) is 0 Å². The highest BCUT2D eigenvalue weighted by Crippen LogP contribution is 2.16. The zero-order valence-corrected chi connectivity index (χ0v) is 18.8. The molecule has 0 radical (unpaired) electrons. The summed E-state index contributed by atoms with van der Waals surface area (Å²) in [5.74, 6) is -8.73. The fraction of sp³-hybridized carbons (Fsp3) is 0.400. The lowest BCUT2D eigenvalue weighted by molar-refractivity contribution is -0.155. The van der Waals surface area contributed by atoms with Crippen LogP contribution in [0.4, 0.5) is 0 Å². The van der Waals surface area contributed by atoms with Crippen molar-refractivity contribution in [2.24, 2.45) is 5.92 Å². The number of nitrogens with one attached hydrogen (secondary N) is 4. The highest BCUT2D eigenvalue weighted by atomic mass is 16.5. The van der Waals surface area contributed by atoms with Crippen molar-refractivity contribution in [2.45, 2.75) is 18.9 Å². The van der Waals surface area contributed by atoms with E-state index in [0.717, 1.165) is 12.2 Å². The number of hydrogen-bond acceptors (Lipinski definition) is 9. The first-order valence-electron chi connectivity index (χ1n) is 10.2. The Morgan fingerprint density at radius 3 is 1.44 bits per heavy atom. The summed E-state index contributed by atoms with van der Waals surface area (Å²) in [7, 11) is 0. The number of carboxylic acid groups (broad SMARTS) is 3. The summed E-state index contributed by atoms with van der Waals surface area (Å²) in [6.45, 7) is -0.469. The van der Waals surface area contributed by atoms with Gasteiger partial charge in [-0.2, -0.15) is 0 Å². The third-order valence-electron chi connectivity index (χ3n) is 4.04. The molecule has 0 saturated heterocycles. The normalized spacial score (nSPS) is 12.2. The molecular formula is C20H26N4O12. The number of carboxylic acids is 3. The summed E-state index contributed by atoms with van der Waals surface area (Å²) in [5, 5.41) is 35.5. The molecule has 7 N–H and O–H groups in total. The molecule has 0 aromatic heterocycles. The molecule has 0 aliphatic rings. The maximum absolute atomic E-state index is 12.1. The Labute approximate surface area is 203 Å². The Hall–Kier alpha value is -4.76. The number of carbonyl (C=O) groups is 8. The van der Waals surface area contributed by atoms with E-state index in [1.165, 1.54) is 0 Å². The van der Waals surface area contributed by atoms with Gasteiger partial charge in [0.05, 0.1) is 6.42 Å². The standard InChI is InChI=1S/C20H26N4O12/c25-11-36-13(10-17(29)24-8-6-22-15(27)2-4-19(32)33)12(20(34)35)9-16(28)23-7-5-21-14(26)1-3-18(30)31/h1-4,11-13H,5-10H2,(H,21,26)(H,22,27)(H,23,28)(H,24,29)(H,30,31)(H,32,33)(H,34,35)/b3-1-,4-2-. The van der Waals surface area contributed by atoms with E-state index in [9.17, 15) is 43.5 Å². The largest absolute Gasteiger partial charge is 0.481 e. The smallest absolute Gasteiger partial charge is 0.328 e. The van der Waals surface area contributed by atoms with Crippen LogP contribution in [0.25, 0.3) is 0 Å². The predicted octanol–water partition coefficient (Wildman–Crippen LogP) is -3.24. The van der Waals surface area contributed by atoms with Crippen LogP contribution in [0.15, 0.2) is 24.3 Å². The van der Waals surface area contributed by atoms with Gasteiger partial charge in [0.15, 0.2) is 0 Å². The van der Waals surface area contributed by atoms with Gasteiger partial charge in [0, 0.05) is 56.9 Å². The van der Waals surface area contributed by atoms with Crippen molar-refractivity contribution in [3.05, 3.63) is 24.3 Å². The molecule has 4 amide bonds. The molecule has 16 nitrogen and oxygen atoms in total. The molecule has 0 fully saturated rings. The summed E-state index contributed by atoms with van der Waals surface area (Å²) < 4.78 is 4.69. The number of ether oxygens (including phenoxy) is 1. The lowest BCUT2D eigenvalue weighted by atomic mass is 9.95. The Bertz CT molecular complexity index is 899. The van der Waals surface area contributed by atoms with Crippen LogP contribution in [0.5, 0.6) is 0 Å². The van der Waals surface area contributed by atoms with Gasteiger partial charge in [-0.1, -0.05) is 0 Å². The average Bonchev–Trinajstić information content (AvgIpc) is 2.79. The number of amides is 4. The van der Waals surface area contributed by atoms with Crippen molar-refractivity contribution < 1.29 is 58.4 Å². The first-order valence-corrected chi connectivity index (χ1v) is 10.2. The van der Waals surface area contributed by atoms with Crippen LogP contribution in [0.1, 0.15) is 12.8 Å². The maximum atomic E-state index is 12.1. The molecule has 0 heterocycles. The third-order valence-corrected chi connectivity index (χ3v) is 4.04. The quantitative estimate of drug-likeness (QED) is 0.0541. The molecule has 0 bridgehead atoms. The number of carbonyl (C=O) groups excluding carboxylic acids is 5. The molecule has 0 spiro atoms. The second kappa shape index (κ2) is 17.7. The van der Waals surface area contributed by atoms with E-state index >= 15 is 0 Å². The summed E-state index contributed by atoms with van der Waals surface area (Å²) in [6, 6.07) is 0. The van der Waals surface area contributed by atoms with Crippen LogP contribution in [0.3, 0.4) is 0 Å². The van der Waals surface area contributed by atoms with Gasteiger partial charge in [0.25, 0.3) is 6.47 Å². The first kappa shape index (κ1) is 31.2. The zero-order chi connectivity index (χ0) is 27.5. The Morgan fingerprint density at radius 2 is 1.06 bits per heavy atom. The van der Waals surface area contributed by atoms with E-state index in [1.807, 2.05) is 0 Å². The monoisotopic (exact) mass is 514 g/mol. The lowest BCUT2D eigenvalue weighted by Gasteiger charge is -2.22. The van der Waals surface area contributed by atoms with E-state index in [-0.39, 0.29) is 32.7 Å². The zero-order valence-electron chi connectivity index (χ0n) is 18.8. The van der Waals surface area contributed by atoms with Crippen molar-refractivity contribution in [2.75, 3.05) is 26.2 Å². The molecule has 2 atom stereocenters. The number of rotatable bonds is 18. The van der Waals surface area contributed by atoms with Gasteiger partial charge >= 0.3 is 17.9 Å². The second-order valence-electron chi connectivity index (χ2n) is 6.75. The summed E-state index contributed by atoms with van der Waals surface area (Å²) in [6.07, 6.45) is -0.00803. The fourth-order valence-electron chi connectivity index (χ4n) is 2.45. The third kappa shape index (κ3) is 15.9. The number of aliphatic carboxylic acids is 3. The Kier molecular flexibility index (Phi) is 15.3. The van der Waals surface area contributed by atoms with Gasteiger partial charge in [-0.3, -0.25) is 28.8 Å². The Morgan fingerprint density at radius 1 is 0.639 bits per heavy atom. The summed E-state index contributed by atoms with van der Waals surface area (Å²) in [4.78, 5) is 89.8. The fourth-order valence-corrected chi connectivity index (χ4v) is 2.45. The predicted molar refractivity (Wildman–Crippen MR) is 117 cm³/mol. The second-order valence-corrected chi connectivity index (χ2v) is 6.75. The molecule has 16 heteroatoms. The van der Waals surface area contributed by atoms with E-state index < -0.39 is 66.4 Å². The minimum absolute atomic E-state index is 0.0685. The van der Waals surface area contributed by atoms with E-state index in [4.69, 9.17) is 10.2 Å². The first-order chi connectivity index (χ1) is 17.0. The minimum Gasteiger partial charge on any atom is -0.481 e. The highest BCUT2D eigenvalue weighted by molar-refractivity contribution is 5.94. The SMILES string of the molecule is O=COC(CC(=O)NCCNC(=O)/C=C\C(=O)O)C(CC(=O)NCCNC(=O)/C=C\C(=O)O)C(=O)O. The molecule has 0 rings (SSSR count). The van der Waals surface area contributed by atoms with Crippen molar-refractivity contribution in [3.8, 4) is 0 Å².